The Kier molecular flexibility index (Phi) is 18.2. The van der Waals surface area contributed by atoms with Crippen LogP contribution < -0.4 is 24.7 Å². The fraction of sp³-hybridized carbons (Fsp3) is 0.182. The lowest BCUT2D eigenvalue weighted by Crippen LogP contribution is -2.02. The molecule has 0 atom stereocenters. The van der Waals surface area contributed by atoms with Gasteiger partial charge in [0.05, 0.1) is 60.1 Å². The Hall–Kier alpha value is -6.33. The highest BCUT2D eigenvalue weighted by atomic mass is 36.0. The Morgan fingerprint density at radius 1 is 0.651 bits per heavy atom. The molecule has 4 aromatic carbocycles. The summed E-state index contributed by atoms with van der Waals surface area (Å²) in [5, 5.41) is 11.9. The molecule has 2 heterocycles. The number of benzene rings is 4. The van der Waals surface area contributed by atoms with E-state index in [-0.39, 0.29) is 17.0 Å². The first-order chi connectivity index (χ1) is 29.9. The van der Waals surface area contributed by atoms with Crippen molar-refractivity contribution in [2.75, 3.05) is 34.2 Å². The molecule has 0 saturated carbocycles. The van der Waals surface area contributed by atoms with Crippen molar-refractivity contribution < 1.29 is 32.3 Å². The average molecular weight is 953 g/mol. The predicted molar refractivity (Wildman–Crippen MR) is 245 cm³/mol. The normalized spacial score (nSPS) is 10.3. The van der Waals surface area contributed by atoms with Gasteiger partial charge in [0.2, 0.25) is 0 Å². The molecule has 0 fully saturated rings. The molecular formula is C44H38Cl4N6O8S. The van der Waals surface area contributed by atoms with Gasteiger partial charge in [-0.1, -0.05) is 71.1 Å². The van der Waals surface area contributed by atoms with Crippen molar-refractivity contribution in [2.45, 2.75) is 26.7 Å². The second kappa shape index (κ2) is 23.2. The van der Waals surface area contributed by atoms with Gasteiger partial charge in [0.15, 0.2) is 0 Å². The van der Waals surface area contributed by atoms with Gasteiger partial charge in [-0.25, -0.2) is 19.9 Å². The van der Waals surface area contributed by atoms with Crippen molar-refractivity contribution >= 4 is 64.2 Å². The molecule has 2 N–H and O–H groups in total. The Morgan fingerprint density at radius 2 is 1.08 bits per heavy atom. The van der Waals surface area contributed by atoms with Crippen molar-refractivity contribution in [1.82, 2.24) is 19.9 Å². The van der Waals surface area contributed by atoms with Crippen LogP contribution in [-0.4, -0.2) is 61.7 Å². The van der Waals surface area contributed by atoms with Gasteiger partial charge in [-0.15, -0.1) is 0 Å². The van der Waals surface area contributed by atoms with Crippen LogP contribution in [0.4, 0.5) is 11.4 Å². The van der Waals surface area contributed by atoms with Gasteiger partial charge < -0.3 is 24.7 Å². The molecule has 326 valence electrons. The largest absolute Gasteiger partial charge is 0.497 e. The number of halogens is 4. The maximum Gasteiger partial charge on any atom is 0.317 e. The summed E-state index contributed by atoms with van der Waals surface area (Å²) in [6, 6.07) is 17.8. The molecular weight excluding hydrogens is 914 g/mol. The number of nitro groups is 1. The molecule has 63 heavy (non-hydrogen) atoms. The molecule has 0 aliphatic rings. The van der Waals surface area contributed by atoms with Crippen LogP contribution in [0, 0.1) is 47.6 Å². The number of hydrogen-bond acceptors (Lipinski definition) is 13. The van der Waals surface area contributed by atoms with Gasteiger partial charge in [-0.05, 0) is 48.7 Å². The summed E-state index contributed by atoms with van der Waals surface area (Å²) in [5.41, 5.74) is 12.9. The number of nitro benzene ring substituents is 1. The number of nitrogen functional groups attached to an aromatic ring is 1. The van der Waals surface area contributed by atoms with E-state index >= 15 is 0 Å². The third kappa shape index (κ3) is 14.9. The van der Waals surface area contributed by atoms with Crippen molar-refractivity contribution in [1.29, 1.82) is 0 Å². The summed E-state index contributed by atoms with van der Waals surface area (Å²) in [5.74, 6) is 15.3. The molecule has 0 radical (unpaired) electrons. The number of nitrogens with zero attached hydrogens (tertiary/aromatic N) is 5. The summed E-state index contributed by atoms with van der Waals surface area (Å²) >= 11 is 12.7. The molecule has 0 bridgehead atoms. The molecule has 6 rings (SSSR count). The standard InChI is InChI=1S/C22H19Cl2N3O2.C22H19N3O4.Cl2O2S/c1-13-5-4-6-17(25)16(13)9-20-26-11-14(12-27-20)7-8-15-21(23)18(28-2)10-19(29-3)22(15)24;1-15-5-4-6-21(25(26)27)20(15)12-22-23-13-17(14-24-22)8-7-16-9-18(28-2)11-19(10-16)29-3;1-5(2,3)4/h4-6,10-12H,9,25H2,1-3H3;4-6,9-11,13-14H,12H2,1-3H3;. The minimum atomic E-state index is -3.72. The Labute approximate surface area is 383 Å². The molecule has 2 aromatic heterocycles. The highest BCUT2D eigenvalue weighted by Gasteiger charge is 2.18. The summed E-state index contributed by atoms with van der Waals surface area (Å²) in [6.07, 6.45) is 7.36. The molecule has 0 aliphatic heterocycles. The molecule has 6 aromatic rings. The first kappa shape index (κ1) is 49.3. The number of aromatic nitrogens is 4. The van der Waals surface area contributed by atoms with Gasteiger partial charge in [0.25, 0.3) is 5.69 Å². The maximum atomic E-state index is 11.3. The predicted octanol–water partition coefficient (Wildman–Crippen LogP) is 9.09. The lowest BCUT2D eigenvalue weighted by Gasteiger charge is -2.10. The van der Waals surface area contributed by atoms with Crippen molar-refractivity contribution in [3.8, 4) is 46.7 Å². The number of methoxy groups -OCH3 is 4. The van der Waals surface area contributed by atoms with Gasteiger partial charge in [0.1, 0.15) is 34.6 Å². The molecule has 0 saturated heterocycles. The van der Waals surface area contributed by atoms with Crippen molar-refractivity contribution in [3.05, 3.63) is 162 Å². The molecule has 14 nitrogen and oxygen atoms in total. The van der Waals surface area contributed by atoms with E-state index in [0.29, 0.717) is 73.4 Å². The Bertz CT molecular complexity index is 2750. The maximum absolute atomic E-state index is 11.3. The number of rotatable bonds is 9. The lowest BCUT2D eigenvalue weighted by molar-refractivity contribution is -0.385. The van der Waals surface area contributed by atoms with Crippen LogP contribution in [0.3, 0.4) is 0 Å². The zero-order valence-corrected chi connectivity index (χ0v) is 38.3. The van der Waals surface area contributed by atoms with Gasteiger partial charge in [0, 0.05) is 94.0 Å². The minimum absolute atomic E-state index is 0.0736. The van der Waals surface area contributed by atoms with E-state index in [1.165, 1.54) is 20.3 Å². The van der Waals surface area contributed by atoms with E-state index < -0.39 is 8.26 Å². The zero-order chi connectivity index (χ0) is 46.3. The third-order valence-electron chi connectivity index (χ3n) is 8.72. The summed E-state index contributed by atoms with van der Waals surface area (Å²) in [7, 11) is 11.0. The molecule has 0 spiro atoms. The monoisotopic (exact) mass is 950 g/mol. The average Bonchev–Trinajstić information content (AvgIpc) is 3.25. The van der Waals surface area contributed by atoms with Crippen LogP contribution >= 0.6 is 44.6 Å². The number of hydrogen-bond donors (Lipinski definition) is 1. The van der Waals surface area contributed by atoms with Crippen LogP contribution in [0.25, 0.3) is 0 Å². The first-order valence-electron chi connectivity index (χ1n) is 18.1. The van der Waals surface area contributed by atoms with E-state index in [9.17, 15) is 10.1 Å². The molecule has 0 unspecified atom stereocenters. The van der Waals surface area contributed by atoms with Crippen LogP contribution in [0.5, 0.6) is 23.0 Å². The fourth-order valence-electron chi connectivity index (χ4n) is 5.55. The SMILES string of the molecule is COc1cc(C#Cc2cnc(Cc3c(C)cccc3[N+](=O)[O-])nc2)cc(OC)c1.COc1cc(OC)c(Cl)c(C#Cc2cnc(Cc3c(C)cccc3N)nc2)c1Cl.O=S(=O)(Cl)Cl. The fourth-order valence-corrected chi connectivity index (χ4v) is 6.14. The van der Waals surface area contributed by atoms with Crippen molar-refractivity contribution in [2.24, 2.45) is 0 Å². The third-order valence-corrected chi connectivity index (χ3v) is 9.47. The number of aryl methyl sites for hydroxylation is 2. The van der Waals surface area contributed by atoms with Gasteiger partial charge in [-0.3, -0.25) is 10.1 Å². The van der Waals surface area contributed by atoms with Crippen LogP contribution in [-0.2, 0) is 21.1 Å². The lowest BCUT2D eigenvalue weighted by atomic mass is 10.0. The van der Waals surface area contributed by atoms with E-state index in [4.69, 9.17) is 56.3 Å². The number of anilines is 1. The van der Waals surface area contributed by atoms with Crippen LogP contribution in [0.2, 0.25) is 10.0 Å². The van der Waals surface area contributed by atoms with E-state index in [1.54, 1.807) is 57.2 Å². The second-order valence-electron chi connectivity index (χ2n) is 12.9. The molecule has 0 aliphatic carbocycles. The number of nitrogens with two attached hydrogens (primary N) is 1. The van der Waals surface area contributed by atoms with Crippen molar-refractivity contribution in [3.63, 3.8) is 0 Å². The zero-order valence-electron chi connectivity index (χ0n) is 34.5. The highest BCUT2D eigenvalue weighted by Crippen LogP contribution is 2.40. The van der Waals surface area contributed by atoms with Crippen LogP contribution in [0.1, 0.15) is 56.2 Å². The summed E-state index contributed by atoms with van der Waals surface area (Å²) in [6.45, 7) is 3.85. The number of ether oxygens (including phenoxy) is 4. The van der Waals surface area contributed by atoms with Gasteiger partial charge >= 0.3 is 8.26 Å². The minimum Gasteiger partial charge on any atom is -0.497 e. The van der Waals surface area contributed by atoms with E-state index in [2.05, 4.69) is 65.0 Å². The first-order valence-corrected chi connectivity index (χ1v) is 22.0. The molecule has 0 amide bonds. The van der Waals surface area contributed by atoms with Gasteiger partial charge in [-0.2, -0.15) is 8.42 Å². The summed E-state index contributed by atoms with van der Waals surface area (Å²) < 4.78 is 39.3. The smallest absolute Gasteiger partial charge is 0.317 e. The van der Waals surface area contributed by atoms with E-state index in [1.807, 2.05) is 50.2 Å². The van der Waals surface area contributed by atoms with E-state index in [0.717, 1.165) is 27.9 Å². The quantitative estimate of drug-likeness (QED) is 0.0475. The highest BCUT2D eigenvalue weighted by molar-refractivity contribution is 8.31. The molecule has 19 heteroatoms. The topological polar surface area (TPSA) is 192 Å². The second-order valence-corrected chi connectivity index (χ2v) is 17.3. The Morgan fingerprint density at radius 3 is 1.52 bits per heavy atom. The summed E-state index contributed by atoms with van der Waals surface area (Å²) in [4.78, 5) is 28.3. The Balaban J connectivity index is 0.000000250. The van der Waals surface area contributed by atoms with Crippen LogP contribution in [0.15, 0.2) is 85.5 Å².